The Morgan fingerprint density at radius 1 is 0.738 bits per heavy atom. The first-order valence-corrected chi connectivity index (χ1v) is 14.1. The number of carbonyl (C=O) groups is 3. The zero-order valence-corrected chi connectivity index (χ0v) is 23.8. The Bertz CT molecular complexity index is 1470. The quantitative estimate of drug-likeness (QED) is 0.192. The molecule has 3 atom stereocenters. The molecule has 0 aliphatic carbocycles. The van der Waals surface area contributed by atoms with Crippen LogP contribution in [0.4, 0.5) is 4.79 Å². The van der Waals surface area contributed by atoms with E-state index in [1.54, 1.807) is 6.07 Å². The summed E-state index contributed by atoms with van der Waals surface area (Å²) in [6.07, 6.45) is -2.01. The smallest absolute Gasteiger partial charge is 0.408 e. The molecule has 0 saturated carbocycles. The van der Waals surface area contributed by atoms with Gasteiger partial charge in [0.25, 0.3) is 5.91 Å². The van der Waals surface area contributed by atoms with Crippen molar-refractivity contribution in [2.45, 2.75) is 51.6 Å². The van der Waals surface area contributed by atoms with Crippen LogP contribution >= 0.6 is 0 Å². The average Bonchev–Trinajstić information content (AvgIpc) is 3.01. The second-order valence-electron chi connectivity index (χ2n) is 10.6. The highest BCUT2D eigenvalue weighted by Gasteiger charge is 2.33. The molecule has 4 aromatic carbocycles. The van der Waals surface area contributed by atoms with Gasteiger partial charge in [-0.15, -0.1) is 0 Å². The van der Waals surface area contributed by atoms with E-state index in [0.717, 1.165) is 21.9 Å². The van der Waals surface area contributed by atoms with Gasteiger partial charge in [-0.25, -0.2) is 4.79 Å². The number of rotatable bonds is 12. The van der Waals surface area contributed by atoms with E-state index < -0.39 is 36.1 Å². The Labute approximate surface area is 246 Å². The van der Waals surface area contributed by atoms with E-state index in [1.165, 1.54) is 0 Å². The fourth-order valence-corrected chi connectivity index (χ4v) is 4.75. The molecule has 0 aromatic heterocycles. The lowest BCUT2D eigenvalue weighted by molar-refractivity contribution is -0.133. The average molecular weight is 568 g/mol. The van der Waals surface area contributed by atoms with E-state index in [0.29, 0.717) is 12.0 Å². The third-order valence-corrected chi connectivity index (χ3v) is 6.88. The Balaban J connectivity index is 1.55. The minimum Gasteiger partial charge on any atom is -0.445 e. The number of aliphatic hydroxyl groups is 1. The molecular weight excluding hydrogens is 530 g/mol. The van der Waals surface area contributed by atoms with E-state index in [9.17, 15) is 19.5 Å². The molecule has 3 amide bonds. The third kappa shape index (κ3) is 8.41. The number of alkyl carbamates (subject to hydrolysis) is 1. The SMILES string of the molecule is CC(C)C[C@H](NC(=O)OCc1ccccc1)C(=O)N[C@@H](c1cccc2ccccc12)C(O)C(=O)NCc1ccccc1. The van der Waals surface area contributed by atoms with Crippen molar-refractivity contribution in [3.8, 4) is 0 Å². The number of benzene rings is 4. The monoisotopic (exact) mass is 567 g/mol. The van der Waals surface area contributed by atoms with Gasteiger partial charge >= 0.3 is 6.09 Å². The van der Waals surface area contributed by atoms with Gasteiger partial charge in [-0.1, -0.05) is 117 Å². The maximum Gasteiger partial charge on any atom is 0.408 e. The molecule has 1 unspecified atom stereocenters. The number of hydrogen-bond acceptors (Lipinski definition) is 5. The van der Waals surface area contributed by atoms with Gasteiger partial charge in [0.1, 0.15) is 12.6 Å². The summed E-state index contributed by atoms with van der Waals surface area (Å²) in [5.74, 6) is -1.11. The predicted octanol–water partition coefficient (Wildman–Crippen LogP) is 5.02. The lowest BCUT2D eigenvalue weighted by Gasteiger charge is -2.28. The molecule has 0 aliphatic rings. The molecule has 0 aliphatic heterocycles. The van der Waals surface area contributed by atoms with E-state index in [1.807, 2.05) is 111 Å². The van der Waals surface area contributed by atoms with Crippen LogP contribution < -0.4 is 16.0 Å². The summed E-state index contributed by atoms with van der Waals surface area (Å²) < 4.78 is 5.35. The zero-order chi connectivity index (χ0) is 29.9. The van der Waals surface area contributed by atoms with Gasteiger partial charge in [0.05, 0.1) is 6.04 Å². The van der Waals surface area contributed by atoms with Crippen molar-refractivity contribution in [3.63, 3.8) is 0 Å². The molecule has 8 heteroatoms. The highest BCUT2D eigenvalue weighted by Crippen LogP contribution is 2.27. The topological polar surface area (TPSA) is 117 Å². The third-order valence-electron chi connectivity index (χ3n) is 6.88. The van der Waals surface area contributed by atoms with Gasteiger partial charge in [0, 0.05) is 6.54 Å². The summed E-state index contributed by atoms with van der Waals surface area (Å²) in [4.78, 5) is 39.6. The number of carbonyl (C=O) groups excluding carboxylic acids is 3. The number of fused-ring (bicyclic) bond motifs is 1. The summed E-state index contributed by atoms with van der Waals surface area (Å²) in [5.41, 5.74) is 2.27. The van der Waals surface area contributed by atoms with Crippen molar-refractivity contribution in [3.05, 3.63) is 120 Å². The van der Waals surface area contributed by atoms with Gasteiger partial charge in [0.15, 0.2) is 6.10 Å². The van der Waals surface area contributed by atoms with Crippen LogP contribution in [0.3, 0.4) is 0 Å². The molecule has 4 rings (SSSR count). The molecule has 218 valence electrons. The van der Waals surface area contributed by atoms with E-state index in [4.69, 9.17) is 4.74 Å². The summed E-state index contributed by atoms with van der Waals surface area (Å²) in [7, 11) is 0. The Morgan fingerprint density at radius 3 is 2.05 bits per heavy atom. The summed E-state index contributed by atoms with van der Waals surface area (Å²) in [6, 6.07) is 29.6. The van der Waals surface area contributed by atoms with Crippen molar-refractivity contribution in [2.24, 2.45) is 5.92 Å². The van der Waals surface area contributed by atoms with Crippen molar-refractivity contribution < 1.29 is 24.2 Å². The van der Waals surface area contributed by atoms with Gasteiger partial charge < -0.3 is 25.8 Å². The predicted molar refractivity (Wildman–Crippen MR) is 162 cm³/mol. The largest absolute Gasteiger partial charge is 0.445 e. The number of aliphatic hydroxyl groups excluding tert-OH is 1. The van der Waals surface area contributed by atoms with Gasteiger partial charge in [-0.05, 0) is 39.8 Å². The first-order chi connectivity index (χ1) is 20.3. The fourth-order valence-electron chi connectivity index (χ4n) is 4.75. The van der Waals surface area contributed by atoms with Crippen LogP contribution in [-0.2, 0) is 27.5 Å². The van der Waals surface area contributed by atoms with Crippen LogP contribution in [0.15, 0.2) is 103 Å². The molecule has 4 N–H and O–H groups in total. The summed E-state index contributed by atoms with van der Waals surface area (Å²) in [6.45, 7) is 4.15. The first kappa shape index (κ1) is 30.3. The van der Waals surface area contributed by atoms with Crippen LogP contribution in [0.1, 0.15) is 43.0 Å². The molecule has 4 aromatic rings. The van der Waals surface area contributed by atoms with Crippen molar-refractivity contribution in [1.82, 2.24) is 16.0 Å². The second-order valence-corrected chi connectivity index (χ2v) is 10.6. The Hall–Kier alpha value is -4.69. The number of hydrogen-bond donors (Lipinski definition) is 4. The molecule has 0 radical (unpaired) electrons. The first-order valence-electron chi connectivity index (χ1n) is 14.1. The van der Waals surface area contributed by atoms with Crippen molar-refractivity contribution >= 4 is 28.7 Å². The molecule has 0 spiro atoms. The van der Waals surface area contributed by atoms with Crippen LogP contribution in [0.25, 0.3) is 10.8 Å². The molecule has 42 heavy (non-hydrogen) atoms. The van der Waals surface area contributed by atoms with Crippen LogP contribution in [0, 0.1) is 5.92 Å². The highest BCUT2D eigenvalue weighted by atomic mass is 16.5. The van der Waals surface area contributed by atoms with E-state index >= 15 is 0 Å². The molecule has 0 heterocycles. The fraction of sp³-hybridized carbons (Fsp3) is 0.265. The maximum atomic E-state index is 13.7. The minimum absolute atomic E-state index is 0.0572. The summed E-state index contributed by atoms with van der Waals surface area (Å²) >= 11 is 0. The Morgan fingerprint density at radius 2 is 1.36 bits per heavy atom. The van der Waals surface area contributed by atoms with Crippen LogP contribution in [0.2, 0.25) is 0 Å². The standard InChI is InChI=1S/C34H37N3O5/c1-23(2)20-29(36-34(41)42-22-25-14-7-4-8-15-25)32(39)37-30(28-19-11-17-26-16-9-10-18-27(26)28)31(38)33(40)35-21-24-12-5-3-6-13-24/h3-19,23,29-31,38H,20-22H2,1-2H3,(H,35,40)(H,36,41)(H,37,39)/t29-,30-,31?/m0/s1. The maximum absolute atomic E-state index is 13.7. The van der Waals surface area contributed by atoms with E-state index in [2.05, 4.69) is 16.0 Å². The number of ether oxygens (including phenoxy) is 1. The van der Waals surface area contributed by atoms with Crippen molar-refractivity contribution in [1.29, 1.82) is 0 Å². The normalized spacial score (nSPS) is 13.1. The van der Waals surface area contributed by atoms with Gasteiger partial charge in [0.2, 0.25) is 5.91 Å². The second kappa shape index (κ2) is 14.8. The molecular formula is C34H37N3O5. The lowest BCUT2D eigenvalue weighted by Crippen LogP contribution is -2.52. The van der Waals surface area contributed by atoms with Gasteiger partial charge in [-0.3, -0.25) is 9.59 Å². The van der Waals surface area contributed by atoms with Crippen LogP contribution in [0.5, 0.6) is 0 Å². The molecule has 0 fully saturated rings. The number of nitrogens with one attached hydrogen (secondary N) is 3. The summed E-state index contributed by atoms with van der Waals surface area (Å²) in [5, 5.41) is 21.3. The number of amides is 3. The molecule has 0 bridgehead atoms. The van der Waals surface area contributed by atoms with Gasteiger partial charge in [-0.2, -0.15) is 0 Å². The van der Waals surface area contributed by atoms with Crippen LogP contribution in [-0.4, -0.2) is 35.2 Å². The lowest BCUT2D eigenvalue weighted by atomic mass is 9.94. The minimum atomic E-state index is -1.60. The van der Waals surface area contributed by atoms with Crippen molar-refractivity contribution in [2.75, 3.05) is 0 Å². The zero-order valence-electron chi connectivity index (χ0n) is 23.8. The van der Waals surface area contributed by atoms with E-state index in [-0.39, 0.29) is 19.1 Å². The molecule has 0 saturated heterocycles. The molecule has 8 nitrogen and oxygen atoms in total. The Kier molecular flexibility index (Phi) is 10.7. The highest BCUT2D eigenvalue weighted by molar-refractivity contribution is 5.91.